The Labute approximate surface area is 170 Å². The molecule has 0 unspecified atom stereocenters. The molecule has 1 N–H and O–H groups in total. The number of sulfonamides is 1. The summed E-state index contributed by atoms with van der Waals surface area (Å²) < 4.78 is 30.7. The van der Waals surface area contributed by atoms with Gasteiger partial charge in [-0.3, -0.25) is 9.59 Å². The lowest BCUT2D eigenvalue weighted by molar-refractivity contribution is -0.123. The number of benzene rings is 2. The van der Waals surface area contributed by atoms with Crippen LogP contribution in [0.25, 0.3) is 0 Å². The molecule has 0 saturated carbocycles. The van der Waals surface area contributed by atoms with E-state index in [0.29, 0.717) is 18.5 Å². The Kier molecular flexibility index (Phi) is 5.66. The molecule has 3 rings (SSSR count). The van der Waals surface area contributed by atoms with Crippen molar-refractivity contribution < 1.29 is 22.7 Å². The van der Waals surface area contributed by atoms with Crippen LogP contribution in [0.15, 0.2) is 48.5 Å². The molecule has 0 atom stereocenters. The molecular formula is C21H24N2O5S. The summed E-state index contributed by atoms with van der Waals surface area (Å²) in [6.07, 6.45) is 0.649. The fraction of sp³-hybridized carbons (Fsp3) is 0.333. The first-order valence-corrected chi connectivity index (χ1v) is 10.8. The number of methoxy groups -OCH3 is 1. The van der Waals surface area contributed by atoms with Gasteiger partial charge in [-0.15, -0.1) is 0 Å². The number of carbonyl (C=O) groups excluding carboxylic acids is 2. The second-order valence-electron chi connectivity index (χ2n) is 7.61. The van der Waals surface area contributed by atoms with E-state index in [2.05, 4.69) is 5.32 Å². The number of ether oxygens (including phenoxy) is 1. The van der Waals surface area contributed by atoms with Crippen molar-refractivity contribution in [1.82, 2.24) is 5.32 Å². The summed E-state index contributed by atoms with van der Waals surface area (Å²) in [4.78, 5) is 24.8. The molecule has 2 amide bonds. The lowest BCUT2D eigenvalue weighted by Crippen LogP contribution is -2.33. The van der Waals surface area contributed by atoms with Crippen LogP contribution in [0.3, 0.4) is 0 Å². The fourth-order valence-corrected chi connectivity index (χ4v) is 5.37. The quantitative estimate of drug-likeness (QED) is 0.780. The normalized spacial score (nSPS) is 17.2. The van der Waals surface area contributed by atoms with E-state index < -0.39 is 21.3 Å². The average molecular weight is 416 g/mol. The molecule has 2 aromatic rings. The minimum atomic E-state index is -3.71. The third kappa shape index (κ3) is 4.42. The number of anilines is 1. The molecule has 1 saturated heterocycles. The van der Waals surface area contributed by atoms with E-state index in [-0.39, 0.29) is 17.3 Å². The van der Waals surface area contributed by atoms with E-state index >= 15 is 0 Å². The van der Waals surface area contributed by atoms with Gasteiger partial charge in [-0.25, -0.2) is 12.7 Å². The number of amides is 2. The molecular weight excluding hydrogens is 392 g/mol. The van der Waals surface area contributed by atoms with Gasteiger partial charge in [0, 0.05) is 12.1 Å². The number of nitrogens with one attached hydrogen (secondary N) is 1. The van der Waals surface area contributed by atoms with Gasteiger partial charge < -0.3 is 10.1 Å². The molecule has 1 aliphatic rings. The Morgan fingerprint density at radius 3 is 2.45 bits per heavy atom. The Morgan fingerprint density at radius 2 is 1.86 bits per heavy atom. The summed E-state index contributed by atoms with van der Waals surface area (Å²) in [5, 5.41) is 2.83. The molecule has 29 heavy (non-hydrogen) atoms. The summed E-state index contributed by atoms with van der Waals surface area (Å²) in [6, 6.07) is 13.6. The van der Waals surface area contributed by atoms with Crippen molar-refractivity contribution in [3.05, 3.63) is 59.7 Å². The largest absolute Gasteiger partial charge is 0.497 e. The molecule has 1 aliphatic heterocycles. The Hall–Kier alpha value is -2.87. The summed E-state index contributed by atoms with van der Waals surface area (Å²) >= 11 is 0. The van der Waals surface area contributed by atoms with Gasteiger partial charge in [0.2, 0.25) is 15.9 Å². The van der Waals surface area contributed by atoms with Crippen molar-refractivity contribution in [2.24, 2.45) is 5.41 Å². The second kappa shape index (κ2) is 7.87. The van der Waals surface area contributed by atoms with Gasteiger partial charge in [0.1, 0.15) is 5.75 Å². The van der Waals surface area contributed by atoms with Gasteiger partial charge in [0.15, 0.2) is 0 Å². The van der Waals surface area contributed by atoms with Crippen molar-refractivity contribution in [2.45, 2.75) is 20.3 Å². The smallest absolute Gasteiger partial charge is 0.251 e. The molecule has 2 aromatic carbocycles. The van der Waals surface area contributed by atoms with Crippen molar-refractivity contribution in [3.63, 3.8) is 0 Å². The molecule has 7 nitrogen and oxygen atoms in total. The van der Waals surface area contributed by atoms with Crippen LogP contribution >= 0.6 is 0 Å². The molecule has 0 bridgehead atoms. The Morgan fingerprint density at radius 1 is 1.17 bits per heavy atom. The number of hydrogen-bond acceptors (Lipinski definition) is 5. The van der Waals surface area contributed by atoms with Crippen LogP contribution in [0.4, 0.5) is 5.69 Å². The standard InChI is InChI=1S/C21H24N2O5S/c1-21(2)14-29(26,27)23(20(21)25)17-9-7-16(8-10-17)19(24)22-12-11-15-5-4-6-18(13-15)28-3/h4-10,13H,11-12,14H2,1-3H3,(H,22,24). The Bertz CT molecular complexity index is 1030. The average Bonchev–Trinajstić information content (AvgIpc) is 2.84. The number of rotatable bonds is 6. The van der Waals surface area contributed by atoms with Gasteiger partial charge in [0.05, 0.1) is 24.0 Å². The van der Waals surface area contributed by atoms with Crippen LogP contribution in [0.5, 0.6) is 5.75 Å². The van der Waals surface area contributed by atoms with E-state index in [1.807, 2.05) is 24.3 Å². The zero-order valence-corrected chi connectivity index (χ0v) is 17.5. The fourth-order valence-electron chi connectivity index (χ4n) is 3.26. The van der Waals surface area contributed by atoms with Gasteiger partial charge in [0.25, 0.3) is 5.91 Å². The Balaban J connectivity index is 1.64. The molecule has 0 aromatic heterocycles. The number of carbonyl (C=O) groups is 2. The first kappa shape index (κ1) is 20.9. The minimum absolute atomic E-state index is 0.231. The zero-order chi connectivity index (χ0) is 21.2. The van der Waals surface area contributed by atoms with Gasteiger partial charge in [-0.2, -0.15) is 0 Å². The van der Waals surface area contributed by atoms with Crippen molar-refractivity contribution in [2.75, 3.05) is 23.7 Å². The predicted octanol–water partition coefficient (Wildman–Crippen LogP) is 2.37. The van der Waals surface area contributed by atoms with Crippen LogP contribution in [0.1, 0.15) is 29.8 Å². The van der Waals surface area contributed by atoms with Gasteiger partial charge in [-0.1, -0.05) is 12.1 Å². The van der Waals surface area contributed by atoms with E-state index in [9.17, 15) is 18.0 Å². The maximum absolute atomic E-state index is 12.4. The third-order valence-corrected chi connectivity index (χ3v) is 6.80. The molecule has 8 heteroatoms. The van der Waals surface area contributed by atoms with Crippen LogP contribution in [0, 0.1) is 5.41 Å². The lowest BCUT2D eigenvalue weighted by Gasteiger charge is -2.17. The van der Waals surface area contributed by atoms with E-state index in [4.69, 9.17) is 4.74 Å². The summed E-state index contributed by atoms with van der Waals surface area (Å²) in [6.45, 7) is 3.66. The van der Waals surface area contributed by atoms with Gasteiger partial charge in [-0.05, 0) is 62.2 Å². The minimum Gasteiger partial charge on any atom is -0.497 e. The summed E-state index contributed by atoms with van der Waals surface area (Å²) in [5.41, 5.74) is 0.714. The van der Waals surface area contributed by atoms with E-state index in [0.717, 1.165) is 15.6 Å². The highest BCUT2D eigenvalue weighted by atomic mass is 32.2. The summed E-state index contributed by atoms with van der Waals surface area (Å²) in [7, 11) is -2.10. The number of hydrogen-bond donors (Lipinski definition) is 1. The zero-order valence-electron chi connectivity index (χ0n) is 16.6. The first-order valence-electron chi connectivity index (χ1n) is 9.23. The van der Waals surface area contributed by atoms with E-state index in [1.165, 1.54) is 24.3 Å². The first-order chi connectivity index (χ1) is 13.6. The highest BCUT2D eigenvalue weighted by molar-refractivity contribution is 7.94. The van der Waals surface area contributed by atoms with E-state index in [1.54, 1.807) is 21.0 Å². The van der Waals surface area contributed by atoms with Crippen LogP contribution in [-0.2, 0) is 21.2 Å². The number of nitrogens with zero attached hydrogens (tertiary/aromatic N) is 1. The molecule has 0 radical (unpaired) electrons. The molecule has 1 heterocycles. The van der Waals surface area contributed by atoms with Gasteiger partial charge >= 0.3 is 0 Å². The van der Waals surface area contributed by atoms with Crippen LogP contribution in [-0.4, -0.2) is 39.6 Å². The lowest BCUT2D eigenvalue weighted by atomic mass is 9.95. The molecule has 154 valence electrons. The van der Waals surface area contributed by atoms with Crippen molar-refractivity contribution in [3.8, 4) is 5.75 Å². The topological polar surface area (TPSA) is 92.8 Å². The van der Waals surface area contributed by atoms with Crippen molar-refractivity contribution >= 4 is 27.5 Å². The third-order valence-electron chi connectivity index (χ3n) is 4.78. The SMILES string of the molecule is COc1cccc(CCNC(=O)c2ccc(N3C(=O)C(C)(C)CS3(=O)=O)cc2)c1. The van der Waals surface area contributed by atoms with Crippen molar-refractivity contribution in [1.29, 1.82) is 0 Å². The molecule has 0 aliphatic carbocycles. The predicted molar refractivity (Wildman–Crippen MR) is 111 cm³/mol. The monoisotopic (exact) mass is 416 g/mol. The second-order valence-corrected chi connectivity index (χ2v) is 9.43. The maximum atomic E-state index is 12.4. The van der Waals surface area contributed by atoms with Crippen LogP contribution in [0.2, 0.25) is 0 Å². The molecule has 0 spiro atoms. The highest BCUT2D eigenvalue weighted by Gasteiger charge is 2.49. The maximum Gasteiger partial charge on any atom is 0.251 e. The van der Waals surface area contributed by atoms with Crippen LogP contribution < -0.4 is 14.4 Å². The highest BCUT2D eigenvalue weighted by Crippen LogP contribution is 2.35. The molecule has 1 fully saturated rings. The summed E-state index contributed by atoms with van der Waals surface area (Å²) in [5.74, 6) is -0.201.